The molecule has 0 heterocycles. The highest BCUT2D eigenvalue weighted by Gasteiger charge is 2.14. The molecule has 8 N–H and O–H groups in total. The molecular formula is C14H21N3O6. The molecule has 0 spiro atoms. The third kappa shape index (κ3) is 6.20. The first-order valence-electron chi connectivity index (χ1n) is 6.92. The van der Waals surface area contributed by atoms with E-state index in [4.69, 9.17) is 15.9 Å². The summed E-state index contributed by atoms with van der Waals surface area (Å²) >= 11 is 0. The van der Waals surface area contributed by atoms with Gasteiger partial charge in [-0.25, -0.2) is 0 Å². The van der Waals surface area contributed by atoms with E-state index >= 15 is 0 Å². The zero-order valence-corrected chi connectivity index (χ0v) is 12.4. The van der Waals surface area contributed by atoms with Crippen molar-refractivity contribution in [1.29, 1.82) is 0 Å². The van der Waals surface area contributed by atoms with Crippen LogP contribution in [0, 0.1) is 0 Å². The summed E-state index contributed by atoms with van der Waals surface area (Å²) in [4.78, 5) is 23.9. The fourth-order valence-corrected chi connectivity index (χ4v) is 1.67. The molecule has 2 atom stereocenters. The monoisotopic (exact) mass is 327 g/mol. The van der Waals surface area contributed by atoms with Crippen molar-refractivity contribution < 1.29 is 30.0 Å². The van der Waals surface area contributed by atoms with E-state index in [1.165, 1.54) is 18.2 Å². The lowest BCUT2D eigenvalue weighted by atomic mass is 10.1. The fraction of sp³-hybridized carbons (Fsp3) is 0.429. The number of benzene rings is 1. The van der Waals surface area contributed by atoms with Crippen LogP contribution in [0.1, 0.15) is 20.7 Å². The van der Waals surface area contributed by atoms with Crippen LogP contribution in [0.3, 0.4) is 0 Å². The number of rotatable bonds is 8. The van der Waals surface area contributed by atoms with Gasteiger partial charge in [-0.05, 0) is 18.2 Å². The molecule has 0 unspecified atom stereocenters. The van der Waals surface area contributed by atoms with Crippen LogP contribution in [0.4, 0.5) is 5.69 Å². The topological polar surface area (TPSA) is 165 Å². The van der Waals surface area contributed by atoms with Gasteiger partial charge in [0.05, 0.1) is 25.4 Å². The van der Waals surface area contributed by atoms with Crippen molar-refractivity contribution in [1.82, 2.24) is 10.6 Å². The predicted octanol–water partition coefficient (Wildman–Crippen LogP) is -2.57. The van der Waals surface area contributed by atoms with Crippen molar-refractivity contribution in [2.75, 3.05) is 32.0 Å². The van der Waals surface area contributed by atoms with E-state index < -0.39 is 37.2 Å². The van der Waals surface area contributed by atoms with Crippen molar-refractivity contribution in [3.63, 3.8) is 0 Å². The molecule has 2 amide bonds. The first-order valence-corrected chi connectivity index (χ1v) is 6.92. The van der Waals surface area contributed by atoms with Gasteiger partial charge in [-0.1, -0.05) is 0 Å². The van der Waals surface area contributed by atoms with Crippen LogP contribution in [-0.4, -0.2) is 70.8 Å². The lowest BCUT2D eigenvalue weighted by Crippen LogP contribution is -2.35. The third-order valence-corrected chi connectivity index (χ3v) is 2.90. The molecule has 0 saturated carbocycles. The van der Waals surface area contributed by atoms with Crippen LogP contribution in [0.15, 0.2) is 18.2 Å². The number of carbonyl (C=O) groups is 2. The number of anilines is 1. The number of hydrogen-bond donors (Lipinski definition) is 7. The van der Waals surface area contributed by atoms with Gasteiger partial charge >= 0.3 is 0 Å². The first kappa shape index (κ1) is 18.8. The second-order valence-electron chi connectivity index (χ2n) is 4.94. The van der Waals surface area contributed by atoms with Gasteiger partial charge in [0.1, 0.15) is 0 Å². The number of aliphatic hydroxyl groups excluding tert-OH is 4. The predicted molar refractivity (Wildman–Crippen MR) is 81.7 cm³/mol. The van der Waals surface area contributed by atoms with Crippen LogP contribution < -0.4 is 16.4 Å². The minimum absolute atomic E-state index is 0.114. The average molecular weight is 327 g/mol. The van der Waals surface area contributed by atoms with E-state index in [0.29, 0.717) is 0 Å². The van der Waals surface area contributed by atoms with Gasteiger partial charge in [-0.3, -0.25) is 9.59 Å². The number of nitrogens with one attached hydrogen (secondary N) is 2. The molecule has 128 valence electrons. The maximum atomic E-state index is 11.9. The SMILES string of the molecule is Nc1cc(C(=O)NC[C@H](O)CO)cc(C(=O)NC[C@@H](O)CO)c1. The maximum absolute atomic E-state index is 11.9. The number of amides is 2. The number of nitrogen functional groups attached to an aromatic ring is 1. The van der Waals surface area contributed by atoms with Gasteiger partial charge in [-0.2, -0.15) is 0 Å². The van der Waals surface area contributed by atoms with Crippen molar-refractivity contribution >= 4 is 17.5 Å². The number of nitrogens with two attached hydrogens (primary N) is 1. The molecule has 1 rings (SSSR count). The van der Waals surface area contributed by atoms with E-state index in [9.17, 15) is 19.8 Å². The summed E-state index contributed by atoms with van der Waals surface area (Å²) in [5.74, 6) is -1.12. The molecule has 1 aromatic carbocycles. The molecule has 23 heavy (non-hydrogen) atoms. The van der Waals surface area contributed by atoms with Crippen LogP contribution in [0.25, 0.3) is 0 Å². The van der Waals surface area contributed by atoms with Crippen LogP contribution in [0.2, 0.25) is 0 Å². The molecule has 0 saturated heterocycles. The highest BCUT2D eigenvalue weighted by atomic mass is 16.3. The van der Waals surface area contributed by atoms with Gasteiger partial charge in [0.15, 0.2) is 0 Å². The highest BCUT2D eigenvalue weighted by molar-refractivity contribution is 6.01. The first-order chi connectivity index (χ1) is 10.9. The molecule has 0 fully saturated rings. The zero-order valence-electron chi connectivity index (χ0n) is 12.4. The number of hydrogen-bond acceptors (Lipinski definition) is 7. The number of aliphatic hydroxyl groups is 4. The van der Waals surface area contributed by atoms with Gasteiger partial charge < -0.3 is 36.8 Å². The van der Waals surface area contributed by atoms with E-state index in [-0.39, 0.29) is 29.9 Å². The molecule has 0 aliphatic carbocycles. The second-order valence-corrected chi connectivity index (χ2v) is 4.94. The van der Waals surface area contributed by atoms with Gasteiger partial charge in [0.2, 0.25) is 0 Å². The van der Waals surface area contributed by atoms with Gasteiger partial charge in [0.25, 0.3) is 11.8 Å². The van der Waals surface area contributed by atoms with E-state index in [0.717, 1.165) is 0 Å². The Balaban J connectivity index is 2.78. The summed E-state index contributed by atoms with van der Waals surface area (Å²) in [5.41, 5.74) is 6.08. The van der Waals surface area contributed by atoms with Crippen LogP contribution >= 0.6 is 0 Å². The van der Waals surface area contributed by atoms with E-state index in [1.807, 2.05) is 0 Å². The summed E-state index contributed by atoms with van der Waals surface area (Å²) in [6.07, 6.45) is -2.16. The van der Waals surface area contributed by atoms with E-state index in [1.54, 1.807) is 0 Å². The average Bonchev–Trinajstić information content (AvgIpc) is 2.55. The Kier molecular flexibility index (Phi) is 7.42. The summed E-state index contributed by atoms with van der Waals surface area (Å²) in [6.45, 7) is -1.27. The minimum Gasteiger partial charge on any atom is -0.399 e. The van der Waals surface area contributed by atoms with Crippen molar-refractivity contribution in [3.8, 4) is 0 Å². The lowest BCUT2D eigenvalue weighted by molar-refractivity contribution is 0.0800. The standard InChI is InChI=1S/C14H21N3O6/c15-10-2-8(13(22)16-4-11(20)6-18)1-9(3-10)14(23)17-5-12(21)7-19/h1-3,11-12,18-21H,4-7,15H2,(H,16,22)(H,17,23)/t11-,12+. The number of carbonyl (C=O) groups excluding carboxylic acids is 2. The quantitative estimate of drug-likeness (QED) is 0.258. The normalized spacial score (nSPS) is 13.2. The molecule has 1 aromatic rings. The molecule has 0 radical (unpaired) electrons. The largest absolute Gasteiger partial charge is 0.399 e. The van der Waals surface area contributed by atoms with Gasteiger partial charge in [-0.15, -0.1) is 0 Å². The Hall–Kier alpha value is -2.20. The zero-order chi connectivity index (χ0) is 17.4. The molecule has 0 aromatic heterocycles. The molecule has 0 aliphatic rings. The van der Waals surface area contributed by atoms with Crippen molar-refractivity contribution in [2.45, 2.75) is 12.2 Å². The Morgan fingerprint density at radius 3 is 1.65 bits per heavy atom. The molecular weight excluding hydrogens is 306 g/mol. The minimum atomic E-state index is -1.08. The molecule has 0 bridgehead atoms. The van der Waals surface area contributed by atoms with E-state index in [2.05, 4.69) is 10.6 Å². The third-order valence-electron chi connectivity index (χ3n) is 2.90. The summed E-state index contributed by atoms with van der Waals surface area (Å²) < 4.78 is 0. The maximum Gasteiger partial charge on any atom is 0.251 e. The summed E-state index contributed by atoms with van der Waals surface area (Å²) in [5, 5.41) is 40.6. The van der Waals surface area contributed by atoms with Crippen LogP contribution in [-0.2, 0) is 0 Å². The smallest absolute Gasteiger partial charge is 0.251 e. The fourth-order valence-electron chi connectivity index (χ4n) is 1.67. The molecule has 9 nitrogen and oxygen atoms in total. The Labute approximate surface area is 132 Å². The molecule has 0 aliphatic heterocycles. The Bertz CT molecular complexity index is 507. The second kappa shape index (κ2) is 9.06. The summed E-state index contributed by atoms with van der Waals surface area (Å²) in [7, 11) is 0. The van der Waals surface area contributed by atoms with Crippen molar-refractivity contribution in [3.05, 3.63) is 29.3 Å². The highest BCUT2D eigenvalue weighted by Crippen LogP contribution is 2.12. The van der Waals surface area contributed by atoms with Gasteiger partial charge in [0, 0.05) is 29.9 Å². The van der Waals surface area contributed by atoms with Crippen LogP contribution in [0.5, 0.6) is 0 Å². The van der Waals surface area contributed by atoms with Crippen molar-refractivity contribution in [2.24, 2.45) is 0 Å². The Morgan fingerprint density at radius 1 is 0.913 bits per heavy atom. The molecule has 9 heteroatoms. The Morgan fingerprint density at radius 2 is 1.30 bits per heavy atom. The lowest BCUT2D eigenvalue weighted by Gasteiger charge is -2.12. The summed E-state index contributed by atoms with van der Waals surface area (Å²) in [6, 6.07) is 4.03.